The largest absolute Gasteiger partial charge is 0.462 e. The molecule has 0 aromatic rings. The maximum atomic E-state index is 12.6. The van der Waals surface area contributed by atoms with Crippen LogP contribution in [-0.2, 0) is 28.6 Å². The molecule has 0 aliphatic rings. The van der Waals surface area contributed by atoms with Crippen molar-refractivity contribution in [1.82, 2.24) is 0 Å². The Bertz CT molecular complexity index is 766. The molecule has 0 heterocycles. The summed E-state index contributed by atoms with van der Waals surface area (Å²) in [6.07, 6.45) is 38.3. The second-order valence-electron chi connectivity index (χ2n) is 15.8. The molecular formula is C45H86O6. The standard InChI is InChI=1S/C45H86O6/c1-5-7-9-11-12-13-22-26-30-34-38-45(48)51-42(39-49-43(46)36-32-27-10-8-6-2)40-50-44(47)37-33-29-25-23-20-18-16-14-15-17-19-21-24-28-31-35-41(3)4/h41-42H,5-40H2,1-4H3/t42-/m0/s1. The van der Waals surface area contributed by atoms with Crippen molar-refractivity contribution in [2.75, 3.05) is 13.2 Å². The van der Waals surface area contributed by atoms with Gasteiger partial charge in [-0.15, -0.1) is 0 Å². The molecule has 0 saturated carbocycles. The lowest BCUT2D eigenvalue weighted by Crippen LogP contribution is -2.30. The van der Waals surface area contributed by atoms with Gasteiger partial charge in [0, 0.05) is 19.3 Å². The average Bonchev–Trinajstić information content (AvgIpc) is 3.11. The van der Waals surface area contributed by atoms with Gasteiger partial charge in [-0.3, -0.25) is 14.4 Å². The molecule has 0 aromatic heterocycles. The van der Waals surface area contributed by atoms with Crippen LogP contribution in [0.1, 0.15) is 246 Å². The van der Waals surface area contributed by atoms with Crippen molar-refractivity contribution in [1.29, 1.82) is 0 Å². The van der Waals surface area contributed by atoms with Crippen LogP contribution in [0.2, 0.25) is 0 Å². The number of rotatable bonds is 40. The van der Waals surface area contributed by atoms with Gasteiger partial charge < -0.3 is 14.2 Å². The van der Waals surface area contributed by atoms with Crippen LogP contribution in [0.3, 0.4) is 0 Å². The monoisotopic (exact) mass is 723 g/mol. The molecule has 6 nitrogen and oxygen atoms in total. The van der Waals surface area contributed by atoms with Crippen LogP contribution in [-0.4, -0.2) is 37.2 Å². The molecule has 1 atom stereocenters. The van der Waals surface area contributed by atoms with E-state index in [1.807, 2.05) is 0 Å². The summed E-state index contributed by atoms with van der Waals surface area (Å²) in [6, 6.07) is 0. The number of esters is 3. The molecule has 51 heavy (non-hydrogen) atoms. The van der Waals surface area contributed by atoms with E-state index in [-0.39, 0.29) is 31.1 Å². The van der Waals surface area contributed by atoms with Crippen molar-refractivity contribution in [2.24, 2.45) is 5.92 Å². The first-order valence-corrected chi connectivity index (χ1v) is 22.4. The minimum atomic E-state index is -0.756. The minimum Gasteiger partial charge on any atom is -0.462 e. The summed E-state index contributed by atoms with van der Waals surface area (Å²) >= 11 is 0. The molecule has 302 valence electrons. The highest BCUT2D eigenvalue weighted by molar-refractivity contribution is 5.71. The SMILES string of the molecule is CCCCCCCCCCCCC(=O)O[C@@H](COC(=O)CCCCCCC)COC(=O)CCCCCCCCCCCCCCCCCC(C)C. The number of hydrogen-bond donors (Lipinski definition) is 0. The highest BCUT2D eigenvalue weighted by atomic mass is 16.6. The molecular weight excluding hydrogens is 636 g/mol. The molecule has 0 N–H and O–H groups in total. The first-order valence-electron chi connectivity index (χ1n) is 22.4. The van der Waals surface area contributed by atoms with E-state index >= 15 is 0 Å². The van der Waals surface area contributed by atoms with E-state index < -0.39 is 6.10 Å². The quantitative estimate of drug-likeness (QED) is 0.0356. The third kappa shape index (κ3) is 39.5. The van der Waals surface area contributed by atoms with Gasteiger partial charge in [-0.2, -0.15) is 0 Å². The number of unbranched alkanes of at least 4 members (excludes halogenated alkanes) is 27. The van der Waals surface area contributed by atoms with Crippen molar-refractivity contribution in [2.45, 2.75) is 252 Å². The van der Waals surface area contributed by atoms with E-state index in [2.05, 4.69) is 27.7 Å². The van der Waals surface area contributed by atoms with Gasteiger partial charge in [0.1, 0.15) is 13.2 Å². The van der Waals surface area contributed by atoms with Crippen LogP contribution >= 0.6 is 0 Å². The predicted octanol–water partition coefficient (Wildman–Crippen LogP) is 13.9. The Morgan fingerprint density at radius 2 is 0.647 bits per heavy atom. The fourth-order valence-electron chi connectivity index (χ4n) is 6.63. The second-order valence-corrected chi connectivity index (χ2v) is 15.8. The second kappa shape index (κ2) is 39.6. The zero-order valence-corrected chi connectivity index (χ0v) is 34.6. The van der Waals surface area contributed by atoms with Crippen molar-refractivity contribution >= 4 is 17.9 Å². The van der Waals surface area contributed by atoms with Gasteiger partial charge in [0.2, 0.25) is 0 Å². The summed E-state index contributed by atoms with van der Waals surface area (Å²) in [5.74, 6) is -0.0214. The van der Waals surface area contributed by atoms with Gasteiger partial charge >= 0.3 is 17.9 Å². The van der Waals surface area contributed by atoms with Gasteiger partial charge in [0.15, 0.2) is 6.10 Å². The van der Waals surface area contributed by atoms with Crippen molar-refractivity contribution in [3.8, 4) is 0 Å². The van der Waals surface area contributed by atoms with Gasteiger partial charge in [0.25, 0.3) is 0 Å². The summed E-state index contributed by atoms with van der Waals surface area (Å²) in [6.45, 7) is 8.92. The minimum absolute atomic E-state index is 0.0648. The Labute approximate surface area is 317 Å². The number of hydrogen-bond acceptors (Lipinski definition) is 6. The van der Waals surface area contributed by atoms with Crippen LogP contribution in [0.4, 0.5) is 0 Å². The first kappa shape index (κ1) is 49.4. The molecule has 0 aliphatic carbocycles. The topological polar surface area (TPSA) is 78.9 Å². The van der Waals surface area contributed by atoms with Crippen molar-refractivity contribution < 1.29 is 28.6 Å². The number of ether oxygens (including phenoxy) is 3. The van der Waals surface area contributed by atoms with E-state index in [9.17, 15) is 14.4 Å². The Morgan fingerprint density at radius 1 is 0.373 bits per heavy atom. The lowest BCUT2D eigenvalue weighted by Gasteiger charge is -2.18. The van der Waals surface area contributed by atoms with Gasteiger partial charge in [-0.1, -0.05) is 207 Å². The molecule has 0 spiro atoms. The highest BCUT2D eigenvalue weighted by Crippen LogP contribution is 2.16. The summed E-state index contributed by atoms with van der Waals surface area (Å²) in [5, 5.41) is 0. The van der Waals surface area contributed by atoms with Crippen LogP contribution in [0.15, 0.2) is 0 Å². The summed E-state index contributed by atoms with van der Waals surface area (Å²) in [4.78, 5) is 37.4. The van der Waals surface area contributed by atoms with Gasteiger partial charge in [-0.25, -0.2) is 0 Å². The maximum Gasteiger partial charge on any atom is 0.306 e. The molecule has 0 fully saturated rings. The third-order valence-electron chi connectivity index (χ3n) is 10.0. The van der Waals surface area contributed by atoms with Crippen LogP contribution in [0, 0.1) is 5.92 Å². The Balaban J connectivity index is 4.11. The smallest absolute Gasteiger partial charge is 0.306 e. The molecule has 0 rings (SSSR count). The van der Waals surface area contributed by atoms with Gasteiger partial charge in [-0.05, 0) is 25.2 Å². The van der Waals surface area contributed by atoms with E-state index in [4.69, 9.17) is 14.2 Å². The fraction of sp³-hybridized carbons (Fsp3) is 0.933. The molecule has 0 aliphatic heterocycles. The van der Waals surface area contributed by atoms with Crippen molar-refractivity contribution in [3.05, 3.63) is 0 Å². The third-order valence-corrected chi connectivity index (χ3v) is 10.0. The predicted molar refractivity (Wildman–Crippen MR) is 215 cm³/mol. The Kier molecular flexibility index (Phi) is 38.4. The van der Waals surface area contributed by atoms with Crippen LogP contribution in [0.25, 0.3) is 0 Å². The molecule has 0 amide bonds. The molecule has 0 aromatic carbocycles. The molecule has 6 heteroatoms. The van der Waals surface area contributed by atoms with E-state index in [1.165, 1.54) is 135 Å². The van der Waals surface area contributed by atoms with Crippen LogP contribution < -0.4 is 0 Å². The highest BCUT2D eigenvalue weighted by Gasteiger charge is 2.19. The normalized spacial score (nSPS) is 11.9. The van der Waals surface area contributed by atoms with E-state index in [1.54, 1.807) is 0 Å². The molecule has 0 unspecified atom stereocenters. The first-order chi connectivity index (χ1) is 24.9. The van der Waals surface area contributed by atoms with Gasteiger partial charge in [0.05, 0.1) is 0 Å². The zero-order chi connectivity index (χ0) is 37.5. The number of carbonyl (C=O) groups excluding carboxylic acids is 3. The zero-order valence-electron chi connectivity index (χ0n) is 34.6. The molecule has 0 saturated heterocycles. The fourth-order valence-corrected chi connectivity index (χ4v) is 6.63. The van der Waals surface area contributed by atoms with E-state index in [0.29, 0.717) is 19.3 Å². The Hall–Kier alpha value is -1.59. The van der Waals surface area contributed by atoms with Crippen LogP contribution in [0.5, 0.6) is 0 Å². The van der Waals surface area contributed by atoms with E-state index in [0.717, 1.165) is 70.1 Å². The lowest BCUT2D eigenvalue weighted by atomic mass is 10.0. The summed E-state index contributed by atoms with van der Waals surface area (Å²) in [5.41, 5.74) is 0. The number of carbonyl (C=O) groups is 3. The summed E-state index contributed by atoms with van der Waals surface area (Å²) in [7, 11) is 0. The lowest BCUT2D eigenvalue weighted by molar-refractivity contribution is -0.167. The molecule has 0 bridgehead atoms. The average molecular weight is 723 g/mol. The maximum absolute atomic E-state index is 12.6. The van der Waals surface area contributed by atoms with Crippen molar-refractivity contribution in [3.63, 3.8) is 0 Å². The Morgan fingerprint density at radius 3 is 0.961 bits per heavy atom. The molecule has 0 radical (unpaired) electrons. The summed E-state index contributed by atoms with van der Waals surface area (Å²) < 4.78 is 16.6.